The maximum absolute atomic E-state index is 12.9. The van der Waals surface area contributed by atoms with Crippen molar-refractivity contribution >= 4 is 40.3 Å². The fourth-order valence-electron chi connectivity index (χ4n) is 1.76. The Balaban J connectivity index is -0.000000259. The third kappa shape index (κ3) is 19.0. The van der Waals surface area contributed by atoms with Gasteiger partial charge in [-0.1, -0.05) is 0 Å². The molecule has 2 rings (SSSR count). The molecule has 0 bridgehead atoms. The van der Waals surface area contributed by atoms with Gasteiger partial charge in [-0.3, -0.25) is 0 Å². The van der Waals surface area contributed by atoms with Crippen molar-refractivity contribution < 1.29 is 145 Å². The van der Waals surface area contributed by atoms with Crippen LogP contribution in [0.2, 0.25) is 0 Å². The molecule has 26 heteroatoms. The zero-order valence-corrected chi connectivity index (χ0v) is 27.8. The zero-order chi connectivity index (χ0) is 32.3. The maximum Gasteiger partial charge on any atom is 1.00 e. The van der Waals surface area contributed by atoms with Crippen molar-refractivity contribution in [3.05, 3.63) is 48.0 Å². The van der Waals surface area contributed by atoms with Crippen LogP contribution in [-0.2, 0) is 40.3 Å². The second-order valence-corrected chi connectivity index (χ2v) is 12.1. The van der Waals surface area contributed by atoms with E-state index in [0.717, 1.165) is 0 Å². The van der Waals surface area contributed by atoms with Gasteiger partial charge in [0, 0.05) is 0 Å². The van der Waals surface area contributed by atoms with Crippen molar-refractivity contribution in [2.45, 2.75) is 25.8 Å². The molecule has 42 heavy (non-hydrogen) atoms. The molecule has 0 atom stereocenters. The van der Waals surface area contributed by atoms with E-state index in [-0.39, 0.29) is 65.2 Å². The summed E-state index contributed by atoms with van der Waals surface area (Å²) in [6, 6.07) is 0.722. The third-order valence-corrected chi connectivity index (χ3v) is 7.06. The second kappa shape index (κ2) is 19.8. The molecule has 0 unspecified atom stereocenters. The van der Waals surface area contributed by atoms with Gasteiger partial charge >= 0.3 is 75.5 Å². The molecule has 2 aromatic carbocycles. The first kappa shape index (κ1) is 48.4. The summed E-state index contributed by atoms with van der Waals surface area (Å²) >= 11 is 0. The van der Waals surface area contributed by atoms with E-state index in [1.807, 2.05) is 0 Å². The standard InChI is InChI=1S/C7H6F2O5S2.C6H4F2O5S2.C2H2F4.CH2F2.2Na/c8-4-15(10,11)5-1-2-6(9)7(3-5)16(12,13)14;7-5-2-1-4(14(8,9)10)3-6(5)15(11,12)13;3-1-2(4,5)6;2-1-3;;/h1-3H,4H2,(H,12,13,14);1-3H,(H,11,12,13);1H2;1H2;;/q;;;;2*+1/p-2. The summed E-state index contributed by atoms with van der Waals surface area (Å²) in [4.78, 5) is -4.56. The van der Waals surface area contributed by atoms with Gasteiger partial charge in [-0.15, -0.1) is 3.89 Å². The summed E-state index contributed by atoms with van der Waals surface area (Å²) in [5.74, 6) is -2.81. The molecule has 232 valence electrons. The van der Waals surface area contributed by atoms with Crippen LogP contribution in [0.5, 0.6) is 0 Å². The van der Waals surface area contributed by atoms with Crippen LogP contribution in [0, 0.1) is 11.6 Å². The topological polar surface area (TPSA) is 183 Å². The summed E-state index contributed by atoms with van der Waals surface area (Å²) in [6.45, 7) is -3.98. The van der Waals surface area contributed by atoms with Crippen LogP contribution in [-0.4, -0.2) is 68.6 Å². The number of benzene rings is 2. The predicted octanol–water partition coefficient (Wildman–Crippen LogP) is -2.77. The molecule has 0 saturated heterocycles. The van der Waals surface area contributed by atoms with Crippen molar-refractivity contribution in [2.75, 3.05) is 19.6 Å². The Morgan fingerprint density at radius 3 is 1.17 bits per heavy atom. The first-order chi connectivity index (χ1) is 17.8. The Hall–Kier alpha value is -0.540. The molecule has 0 aromatic heterocycles. The Bertz CT molecular complexity index is 1570. The van der Waals surface area contributed by atoms with Crippen LogP contribution < -0.4 is 59.1 Å². The van der Waals surface area contributed by atoms with Gasteiger partial charge in [0.2, 0.25) is 16.8 Å². The second-order valence-electron chi connectivity index (χ2n) is 6.10. The van der Waals surface area contributed by atoms with E-state index >= 15 is 0 Å². The Morgan fingerprint density at radius 1 is 0.643 bits per heavy atom. The molecular weight excluding hydrogens is 716 g/mol. The van der Waals surface area contributed by atoms with Crippen LogP contribution in [0.3, 0.4) is 0 Å². The van der Waals surface area contributed by atoms with E-state index < -0.39 is 97.3 Å². The van der Waals surface area contributed by atoms with E-state index in [1.54, 1.807) is 0 Å². The first-order valence-electron chi connectivity index (χ1n) is 8.77. The Kier molecular flexibility index (Phi) is 22.8. The summed E-state index contributed by atoms with van der Waals surface area (Å²) in [5.41, 5.74) is 0. The van der Waals surface area contributed by atoms with Crippen LogP contribution in [0.1, 0.15) is 0 Å². The van der Waals surface area contributed by atoms with Crippen LogP contribution in [0.15, 0.2) is 56.0 Å². The summed E-state index contributed by atoms with van der Waals surface area (Å²) in [7, 11) is -19.8. The monoisotopic (exact) mass is 728 g/mol. The van der Waals surface area contributed by atoms with E-state index in [0.29, 0.717) is 30.3 Å². The molecule has 0 saturated carbocycles. The molecule has 0 radical (unpaired) electrons. The normalized spacial score (nSPS) is 11.5. The number of rotatable bonds is 5. The summed E-state index contributed by atoms with van der Waals surface area (Å²) < 4.78 is 216. The van der Waals surface area contributed by atoms with Crippen molar-refractivity contribution in [3.63, 3.8) is 0 Å². The maximum atomic E-state index is 12.9. The molecule has 0 aliphatic carbocycles. The molecule has 0 N–H and O–H groups in total. The quantitative estimate of drug-likeness (QED) is 0.103. The molecule has 0 aliphatic rings. The average Bonchev–Trinajstić information content (AvgIpc) is 2.78. The molecule has 0 aliphatic heterocycles. The van der Waals surface area contributed by atoms with Gasteiger partial charge in [0.05, 0.1) is 19.6 Å². The Morgan fingerprint density at radius 2 is 0.929 bits per heavy atom. The number of halogens is 10. The zero-order valence-electron chi connectivity index (χ0n) is 20.6. The van der Waals surface area contributed by atoms with Crippen molar-refractivity contribution in [1.29, 1.82) is 0 Å². The van der Waals surface area contributed by atoms with Crippen molar-refractivity contribution in [1.82, 2.24) is 0 Å². The molecule has 2 aromatic rings. The summed E-state index contributed by atoms with van der Waals surface area (Å²) in [6.07, 6.45) is -4.62. The van der Waals surface area contributed by atoms with Gasteiger partial charge in [0.25, 0.3) is 0 Å². The molecule has 0 spiro atoms. The number of hydrogen-bond acceptors (Lipinski definition) is 10. The van der Waals surface area contributed by atoms with Gasteiger partial charge in [-0.25, -0.2) is 51.6 Å². The fourth-order valence-corrected chi connectivity index (χ4v) is 4.25. The molecular formula is C16H12F10Na2O10S4. The molecule has 0 fully saturated rings. The third-order valence-electron chi connectivity index (χ3n) is 3.28. The minimum Gasteiger partial charge on any atom is -0.744 e. The van der Waals surface area contributed by atoms with Gasteiger partial charge in [-0.2, -0.15) is 21.6 Å². The summed E-state index contributed by atoms with van der Waals surface area (Å²) in [5, 5.41) is 0. The SMILES string of the molecule is FCC(F)(F)F.FCF.O=S(=O)([O-])c1cc(S(=O)(=O)CF)ccc1F.O=S(=O)([O-])c1cc(S(=O)(=O)F)ccc1F.[Na+].[Na+]. The van der Waals surface area contributed by atoms with Gasteiger partial charge in [-0.05, 0) is 36.4 Å². The molecule has 10 nitrogen and oxygen atoms in total. The average molecular weight is 728 g/mol. The smallest absolute Gasteiger partial charge is 0.744 e. The fraction of sp³-hybridized carbons (Fsp3) is 0.250. The number of sulfone groups is 1. The van der Waals surface area contributed by atoms with E-state index in [2.05, 4.69) is 0 Å². The van der Waals surface area contributed by atoms with Gasteiger partial charge in [0.1, 0.15) is 31.9 Å². The van der Waals surface area contributed by atoms with Crippen LogP contribution in [0.4, 0.5) is 43.4 Å². The van der Waals surface area contributed by atoms with Gasteiger partial charge < -0.3 is 9.11 Å². The Labute approximate surface area is 276 Å². The molecule has 0 heterocycles. The van der Waals surface area contributed by atoms with Crippen LogP contribution in [0.25, 0.3) is 0 Å². The molecule has 0 amide bonds. The number of alkyl halides is 7. The number of hydrogen-bond donors (Lipinski definition) is 0. The minimum atomic E-state index is -5.17. The van der Waals surface area contributed by atoms with Crippen molar-refractivity contribution in [3.8, 4) is 0 Å². The predicted molar refractivity (Wildman–Crippen MR) is 109 cm³/mol. The largest absolute Gasteiger partial charge is 1.00 e. The van der Waals surface area contributed by atoms with E-state index in [4.69, 9.17) is 0 Å². The van der Waals surface area contributed by atoms with E-state index in [9.17, 15) is 86.2 Å². The van der Waals surface area contributed by atoms with E-state index in [1.165, 1.54) is 0 Å². The van der Waals surface area contributed by atoms with Crippen molar-refractivity contribution in [2.24, 2.45) is 0 Å². The minimum absolute atomic E-state index is 0. The van der Waals surface area contributed by atoms with Crippen LogP contribution >= 0.6 is 0 Å². The van der Waals surface area contributed by atoms with Gasteiger partial charge in [0.15, 0.2) is 12.7 Å². The first-order valence-corrected chi connectivity index (χ1v) is 14.6.